The smallest absolute Gasteiger partial charge is 0.282 e. The largest absolute Gasteiger partial charge is 0.350 e. The van der Waals surface area contributed by atoms with Gasteiger partial charge in [-0.3, -0.25) is 9.59 Å². The number of nitrogens with one attached hydrogen (secondary N) is 1. The number of nitrogens with zero attached hydrogens (tertiary/aromatic N) is 1. The average molecular weight is 435 g/mol. The van der Waals surface area contributed by atoms with Gasteiger partial charge >= 0.3 is 0 Å². The van der Waals surface area contributed by atoms with E-state index in [9.17, 15) is 14.0 Å². The van der Waals surface area contributed by atoms with Crippen molar-refractivity contribution in [2.75, 3.05) is 10.2 Å². The maximum absolute atomic E-state index is 13.5. The molecule has 0 saturated carbocycles. The Bertz CT molecular complexity index is 1250. The van der Waals surface area contributed by atoms with Crippen molar-refractivity contribution < 1.29 is 14.0 Å². The molecule has 0 aromatic heterocycles. The normalized spacial score (nSPS) is 13.9. The van der Waals surface area contributed by atoms with E-state index >= 15 is 0 Å². The standard InChI is InChI=1S/C25H20ClFN2O2/c1-14-7-12-19(15(2)13-14)22-23(28-21-6-4-5-20(26)16(21)3)25(31)29(24(22)30)18-10-8-17(27)9-11-18/h4-13,28H,1-3H3. The van der Waals surface area contributed by atoms with Crippen LogP contribution < -0.4 is 10.2 Å². The Labute approximate surface area is 185 Å². The molecule has 0 saturated heterocycles. The SMILES string of the molecule is Cc1ccc(C2=C(Nc3cccc(Cl)c3C)C(=O)N(c3ccc(F)cc3)C2=O)c(C)c1. The minimum absolute atomic E-state index is 0.159. The maximum atomic E-state index is 13.5. The van der Waals surface area contributed by atoms with E-state index in [1.165, 1.54) is 24.3 Å². The molecule has 0 fully saturated rings. The van der Waals surface area contributed by atoms with Crippen LogP contribution in [-0.4, -0.2) is 11.8 Å². The molecule has 1 aliphatic heterocycles. The molecule has 2 amide bonds. The first kappa shape index (κ1) is 20.8. The fourth-order valence-electron chi connectivity index (χ4n) is 3.69. The number of anilines is 2. The van der Waals surface area contributed by atoms with E-state index in [0.29, 0.717) is 22.0 Å². The quantitative estimate of drug-likeness (QED) is 0.528. The van der Waals surface area contributed by atoms with E-state index < -0.39 is 17.6 Å². The summed E-state index contributed by atoms with van der Waals surface area (Å²) in [5.74, 6) is -1.42. The lowest BCUT2D eigenvalue weighted by molar-refractivity contribution is -0.120. The summed E-state index contributed by atoms with van der Waals surface area (Å²) < 4.78 is 13.4. The van der Waals surface area contributed by atoms with Crippen LogP contribution in [0, 0.1) is 26.6 Å². The van der Waals surface area contributed by atoms with Crippen molar-refractivity contribution in [1.29, 1.82) is 0 Å². The minimum Gasteiger partial charge on any atom is -0.350 e. The number of hydrogen-bond donors (Lipinski definition) is 1. The molecule has 0 radical (unpaired) electrons. The molecule has 0 bridgehead atoms. The summed E-state index contributed by atoms with van der Waals surface area (Å²) in [6.45, 7) is 5.70. The molecule has 3 aromatic rings. The van der Waals surface area contributed by atoms with Crippen LogP contribution in [0.4, 0.5) is 15.8 Å². The second kappa shape index (κ2) is 8.00. The molecule has 156 valence electrons. The summed E-state index contributed by atoms with van der Waals surface area (Å²) in [5, 5.41) is 3.69. The van der Waals surface area contributed by atoms with Crippen LogP contribution in [0.3, 0.4) is 0 Å². The Morgan fingerprint density at radius 1 is 0.903 bits per heavy atom. The van der Waals surface area contributed by atoms with Gasteiger partial charge < -0.3 is 5.32 Å². The molecule has 0 atom stereocenters. The Balaban J connectivity index is 1.88. The molecule has 0 unspecified atom stereocenters. The van der Waals surface area contributed by atoms with Crippen molar-refractivity contribution in [2.45, 2.75) is 20.8 Å². The highest BCUT2D eigenvalue weighted by atomic mass is 35.5. The van der Waals surface area contributed by atoms with E-state index in [1.807, 2.05) is 39.0 Å². The molecular formula is C25H20ClFN2O2. The third kappa shape index (κ3) is 3.73. The highest BCUT2D eigenvalue weighted by Gasteiger charge is 2.40. The van der Waals surface area contributed by atoms with E-state index in [4.69, 9.17) is 11.6 Å². The molecular weight excluding hydrogens is 415 g/mol. The number of rotatable bonds is 4. The summed E-state index contributed by atoms with van der Waals surface area (Å²) in [7, 11) is 0. The van der Waals surface area contributed by atoms with Gasteiger partial charge in [0.1, 0.15) is 11.5 Å². The van der Waals surface area contributed by atoms with Gasteiger partial charge in [-0.15, -0.1) is 0 Å². The lowest BCUT2D eigenvalue weighted by Crippen LogP contribution is -2.32. The van der Waals surface area contributed by atoms with Crippen molar-refractivity contribution in [3.8, 4) is 0 Å². The van der Waals surface area contributed by atoms with Gasteiger partial charge in [0.2, 0.25) is 0 Å². The fourth-order valence-corrected chi connectivity index (χ4v) is 3.87. The lowest BCUT2D eigenvalue weighted by atomic mass is 9.97. The number of aryl methyl sites for hydroxylation is 2. The van der Waals surface area contributed by atoms with Crippen LogP contribution in [0.15, 0.2) is 66.4 Å². The third-order valence-corrected chi connectivity index (χ3v) is 5.76. The van der Waals surface area contributed by atoms with E-state index in [-0.39, 0.29) is 11.3 Å². The van der Waals surface area contributed by atoms with Crippen molar-refractivity contribution in [3.63, 3.8) is 0 Å². The van der Waals surface area contributed by atoms with Gasteiger partial charge in [0, 0.05) is 10.7 Å². The van der Waals surface area contributed by atoms with Gasteiger partial charge in [-0.25, -0.2) is 9.29 Å². The molecule has 1 N–H and O–H groups in total. The molecule has 0 aliphatic carbocycles. The lowest BCUT2D eigenvalue weighted by Gasteiger charge is -2.16. The summed E-state index contributed by atoms with van der Waals surface area (Å²) >= 11 is 6.25. The molecule has 31 heavy (non-hydrogen) atoms. The van der Waals surface area contributed by atoms with Crippen LogP contribution in [0.1, 0.15) is 22.3 Å². The van der Waals surface area contributed by atoms with Gasteiger partial charge in [0.15, 0.2) is 0 Å². The highest BCUT2D eigenvalue weighted by molar-refractivity contribution is 6.46. The molecule has 0 spiro atoms. The zero-order valence-corrected chi connectivity index (χ0v) is 18.0. The topological polar surface area (TPSA) is 49.4 Å². The summed E-state index contributed by atoms with van der Waals surface area (Å²) in [5.41, 5.74) is 4.71. The van der Waals surface area contributed by atoms with Crippen LogP contribution in [0.25, 0.3) is 5.57 Å². The predicted octanol–water partition coefficient (Wildman–Crippen LogP) is 5.80. The number of carbonyl (C=O) groups excluding carboxylic acids is 2. The van der Waals surface area contributed by atoms with Gasteiger partial charge in [-0.05, 0) is 73.9 Å². The molecule has 1 aliphatic rings. The number of halogens is 2. The van der Waals surface area contributed by atoms with Crippen LogP contribution in [0.2, 0.25) is 5.02 Å². The fraction of sp³-hybridized carbons (Fsp3) is 0.120. The van der Waals surface area contributed by atoms with Crippen molar-refractivity contribution in [1.82, 2.24) is 0 Å². The Morgan fingerprint density at radius 3 is 2.29 bits per heavy atom. The van der Waals surface area contributed by atoms with E-state index in [1.54, 1.807) is 18.2 Å². The summed E-state index contributed by atoms with van der Waals surface area (Å²) in [4.78, 5) is 28.0. The number of amides is 2. The third-order valence-electron chi connectivity index (χ3n) is 5.35. The first-order valence-corrected chi connectivity index (χ1v) is 10.1. The Hall–Kier alpha value is -3.44. The van der Waals surface area contributed by atoms with Crippen molar-refractivity contribution in [3.05, 3.63) is 99.5 Å². The monoisotopic (exact) mass is 434 g/mol. The van der Waals surface area contributed by atoms with Gasteiger partial charge in [-0.1, -0.05) is 41.4 Å². The zero-order chi connectivity index (χ0) is 22.3. The van der Waals surface area contributed by atoms with Crippen LogP contribution in [0.5, 0.6) is 0 Å². The van der Waals surface area contributed by atoms with Crippen molar-refractivity contribution in [2.24, 2.45) is 0 Å². The van der Waals surface area contributed by atoms with Crippen LogP contribution >= 0.6 is 11.6 Å². The van der Waals surface area contributed by atoms with Crippen molar-refractivity contribution >= 4 is 40.4 Å². The molecule has 1 heterocycles. The Morgan fingerprint density at radius 2 is 1.61 bits per heavy atom. The van der Waals surface area contributed by atoms with E-state index in [2.05, 4.69) is 5.32 Å². The maximum Gasteiger partial charge on any atom is 0.282 e. The number of carbonyl (C=O) groups is 2. The predicted molar refractivity (Wildman–Crippen MR) is 122 cm³/mol. The number of hydrogen-bond acceptors (Lipinski definition) is 3. The van der Waals surface area contributed by atoms with Gasteiger partial charge in [0.25, 0.3) is 11.8 Å². The van der Waals surface area contributed by atoms with E-state index in [0.717, 1.165) is 21.6 Å². The molecule has 4 nitrogen and oxygen atoms in total. The minimum atomic E-state index is -0.508. The van der Waals surface area contributed by atoms with Gasteiger partial charge in [-0.2, -0.15) is 0 Å². The summed E-state index contributed by atoms with van der Waals surface area (Å²) in [6.07, 6.45) is 0. The highest BCUT2D eigenvalue weighted by Crippen LogP contribution is 2.36. The Kier molecular flexibility index (Phi) is 5.38. The molecule has 3 aromatic carbocycles. The second-order valence-corrected chi connectivity index (χ2v) is 7.94. The first-order chi connectivity index (χ1) is 14.8. The molecule has 6 heteroatoms. The van der Waals surface area contributed by atoms with Gasteiger partial charge in [0.05, 0.1) is 11.3 Å². The first-order valence-electron chi connectivity index (χ1n) is 9.76. The second-order valence-electron chi connectivity index (χ2n) is 7.53. The van der Waals surface area contributed by atoms with Crippen LogP contribution in [-0.2, 0) is 9.59 Å². The average Bonchev–Trinajstić information content (AvgIpc) is 2.96. The number of benzene rings is 3. The summed E-state index contributed by atoms with van der Waals surface area (Å²) in [6, 6.07) is 16.3. The number of imide groups is 1. The zero-order valence-electron chi connectivity index (χ0n) is 17.3. The molecule has 4 rings (SSSR count).